The molecule has 0 saturated heterocycles. The molecule has 0 N–H and O–H groups in total. The highest BCUT2D eigenvalue weighted by Gasteiger charge is 2.50. The third-order valence-electron chi connectivity index (χ3n) is 9.72. The molecule has 0 spiro atoms. The normalized spacial score (nSPS) is 22.0. The topological polar surface area (TPSA) is 10.4 Å². The zero-order valence-corrected chi connectivity index (χ0v) is 23.4. The molecule has 0 bridgehead atoms. The van der Waals surface area contributed by atoms with Crippen molar-refractivity contribution in [1.82, 2.24) is 9.80 Å². The molecule has 5 heterocycles. The van der Waals surface area contributed by atoms with E-state index in [2.05, 4.69) is 76.3 Å². The highest BCUT2D eigenvalue weighted by atomic mass is 19.4. The minimum Gasteiger partial charge on any atom is -0.352 e. The van der Waals surface area contributed by atoms with Gasteiger partial charge in [-0.05, 0) is 78.8 Å². The summed E-state index contributed by atoms with van der Waals surface area (Å²) in [5.74, 6) is 0.0775. The predicted octanol–water partition coefficient (Wildman–Crippen LogP) is 7.86. The Morgan fingerprint density at radius 2 is 1.71 bits per heavy atom. The van der Waals surface area contributed by atoms with Crippen LogP contribution >= 0.6 is 0 Å². The molecule has 4 aliphatic rings. The fourth-order valence-corrected chi connectivity index (χ4v) is 7.79. The van der Waals surface area contributed by atoms with E-state index in [4.69, 9.17) is 6.58 Å². The van der Waals surface area contributed by atoms with Gasteiger partial charge in [0.15, 0.2) is 6.20 Å². The average Bonchev–Trinajstić information content (AvgIpc) is 3.44. The van der Waals surface area contributed by atoms with E-state index in [0.29, 0.717) is 6.42 Å². The van der Waals surface area contributed by atoms with Crippen molar-refractivity contribution in [3.8, 4) is 22.4 Å². The number of aromatic nitrogens is 1. The summed E-state index contributed by atoms with van der Waals surface area (Å²) in [7, 11) is 0. The number of hydrogen-bond acceptors (Lipinski definition) is 2. The summed E-state index contributed by atoms with van der Waals surface area (Å²) in [6.07, 6.45) is 4.54. The molecule has 3 nitrogen and oxygen atoms in total. The van der Waals surface area contributed by atoms with Gasteiger partial charge in [0.25, 0.3) is 0 Å². The van der Waals surface area contributed by atoms with E-state index in [0.717, 1.165) is 58.6 Å². The first-order valence-corrected chi connectivity index (χ1v) is 14.6. The summed E-state index contributed by atoms with van der Waals surface area (Å²) in [6.45, 7) is 7.80. The summed E-state index contributed by atoms with van der Waals surface area (Å²) in [5, 5.41) is 0. The van der Waals surface area contributed by atoms with E-state index < -0.39 is 11.7 Å². The van der Waals surface area contributed by atoms with Crippen LogP contribution < -0.4 is 4.57 Å². The van der Waals surface area contributed by atoms with Crippen molar-refractivity contribution in [3.05, 3.63) is 131 Å². The van der Waals surface area contributed by atoms with Crippen LogP contribution in [0.4, 0.5) is 13.2 Å². The maximum absolute atomic E-state index is 13.9. The Bertz CT molecular complexity index is 1790. The van der Waals surface area contributed by atoms with Gasteiger partial charge in [-0.1, -0.05) is 48.5 Å². The Hall–Kier alpha value is -4.32. The molecule has 42 heavy (non-hydrogen) atoms. The predicted molar refractivity (Wildman–Crippen MR) is 158 cm³/mol. The maximum Gasteiger partial charge on any atom is 0.416 e. The van der Waals surface area contributed by atoms with Crippen LogP contribution in [0.15, 0.2) is 98.0 Å². The lowest BCUT2D eigenvalue weighted by Crippen LogP contribution is -2.53. The van der Waals surface area contributed by atoms with Gasteiger partial charge in [-0.2, -0.15) is 17.7 Å². The molecule has 4 aliphatic heterocycles. The second-order valence-electron chi connectivity index (χ2n) is 12.0. The highest BCUT2D eigenvalue weighted by Crippen LogP contribution is 2.52. The Balaban J connectivity index is 1.39. The highest BCUT2D eigenvalue weighted by molar-refractivity contribution is 5.71. The third kappa shape index (κ3) is 3.70. The standard InChI is InChI=1S/C36H31F3N3/c1-22-19-32-28-14-12-27(36(37,38)39)20-26(28)11-13-30-29-10-6-9-25-15-16-40-17-18-41(35(40)33(25)29)34(30)23(2)42(32)21-31(22)24-7-4-3-5-8-24/h3-10,12,14,17-21,30,34-35H,2,11,13,15-16H2,1H3/q+1. The molecule has 4 aromatic rings. The Morgan fingerprint density at radius 3 is 2.52 bits per heavy atom. The molecular weight excluding hydrogens is 531 g/mol. The van der Waals surface area contributed by atoms with Crippen molar-refractivity contribution in [1.29, 1.82) is 0 Å². The number of rotatable bonds is 1. The lowest BCUT2D eigenvalue weighted by atomic mass is 9.75. The molecule has 0 saturated carbocycles. The molecule has 1 aromatic heterocycles. The van der Waals surface area contributed by atoms with Gasteiger partial charge < -0.3 is 9.80 Å². The van der Waals surface area contributed by atoms with Crippen molar-refractivity contribution >= 4 is 5.70 Å². The smallest absolute Gasteiger partial charge is 0.352 e. The minimum absolute atomic E-state index is 0.0522. The molecule has 3 unspecified atom stereocenters. The first-order chi connectivity index (χ1) is 20.3. The fourth-order valence-electron chi connectivity index (χ4n) is 7.79. The van der Waals surface area contributed by atoms with Crippen molar-refractivity contribution in [2.45, 2.75) is 50.5 Å². The van der Waals surface area contributed by atoms with Crippen LogP contribution in [0.25, 0.3) is 28.1 Å². The SMILES string of the molecule is C=C1C2C(CCc3cc(C(F)(F)F)ccc3-c3cc(C)c(-c4ccccc4)c[n+]31)c1cccc3c1C1N(C=CN21)CC3. The second-order valence-corrected chi connectivity index (χ2v) is 12.0. The van der Waals surface area contributed by atoms with Crippen molar-refractivity contribution in [2.75, 3.05) is 6.54 Å². The first-order valence-electron chi connectivity index (χ1n) is 14.6. The molecule has 0 radical (unpaired) electrons. The lowest BCUT2D eigenvalue weighted by molar-refractivity contribution is -0.573. The monoisotopic (exact) mass is 562 g/mol. The van der Waals surface area contributed by atoms with Crippen LogP contribution in [-0.4, -0.2) is 22.4 Å². The number of pyridine rings is 1. The van der Waals surface area contributed by atoms with Crippen LogP contribution in [-0.2, 0) is 19.0 Å². The number of aryl methyl sites for hydroxylation is 2. The lowest BCUT2D eigenvalue weighted by Gasteiger charge is -2.48. The molecule has 0 amide bonds. The van der Waals surface area contributed by atoms with Crippen LogP contribution in [0.1, 0.15) is 51.9 Å². The van der Waals surface area contributed by atoms with Gasteiger partial charge in [-0.25, -0.2) is 0 Å². The number of fused-ring (bicyclic) bond motifs is 6. The average molecular weight is 563 g/mol. The van der Waals surface area contributed by atoms with Crippen molar-refractivity contribution < 1.29 is 17.7 Å². The number of benzene rings is 3. The van der Waals surface area contributed by atoms with Crippen molar-refractivity contribution in [2.24, 2.45) is 0 Å². The van der Waals surface area contributed by atoms with Gasteiger partial charge in [0.2, 0.25) is 11.4 Å². The number of nitrogens with zero attached hydrogens (tertiary/aromatic N) is 3. The molecule has 0 fully saturated rings. The van der Waals surface area contributed by atoms with Gasteiger partial charge in [0.1, 0.15) is 12.2 Å². The molecule has 3 atom stereocenters. The molecule has 0 aliphatic carbocycles. The summed E-state index contributed by atoms with van der Waals surface area (Å²) in [5.41, 5.74) is 10.1. The van der Waals surface area contributed by atoms with E-state index in [1.54, 1.807) is 6.07 Å². The Kier molecular flexibility index (Phi) is 5.50. The van der Waals surface area contributed by atoms with E-state index in [-0.39, 0.29) is 18.1 Å². The van der Waals surface area contributed by atoms with Gasteiger partial charge in [0, 0.05) is 47.6 Å². The Morgan fingerprint density at radius 1 is 0.881 bits per heavy atom. The minimum atomic E-state index is -4.40. The first kappa shape index (κ1) is 25.4. The van der Waals surface area contributed by atoms with Crippen LogP contribution in [0, 0.1) is 6.92 Å². The second kappa shape index (κ2) is 9.09. The maximum atomic E-state index is 13.9. The van der Waals surface area contributed by atoms with Gasteiger partial charge >= 0.3 is 6.18 Å². The fraction of sp³-hybridized carbons (Fsp3) is 0.250. The molecule has 3 aromatic carbocycles. The molecule has 8 rings (SSSR count). The third-order valence-corrected chi connectivity index (χ3v) is 9.72. The number of halogens is 3. The summed E-state index contributed by atoms with van der Waals surface area (Å²) < 4.78 is 44.0. The van der Waals surface area contributed by atoms with E-state index in [1.807, 2.05) is 18.2 Å². The van der Waals surface area contributed by atoms with Crippen LogP contribution in [0.5, 0.6) is 0 Å². The van der Waals surface area contributed by atoms with Gasteiger partial charge in [-0.3, -0.25) is 0 Å². The number of hydrogen-bond donors (Lipinski definition) is 0. The number of alkyl halides is 3. The Labute approximate surface area is 243 Å². The van der Waals surface area contributed by atoms with Crippen LogP contribution in [0.3, 0.4) is 0 Å². The van der Waals surface area contributed by atoms with Crippen molar-refractivity contribution in [3.63, 3.8) is 0 Å². The summed E-state index contributed by atoms with van der Waals surface area (Å²) >= 11 is 0. The summed E-state index contributed by atoms with van der Waals surface area (Å²) in [4.78, 5) is 4.87. The van der Waals surface area contributed by atoms with Gasteiger partial charge in [-0.15, -0.1) is 0 Å². The largest absolute Gasteiger partial charge is 0.416 e. The zero-order valence-electron chi connectivity index (χ0n) is 23.4. The van der Waals surface area contributed by atoms with Crippen LogP contribution in [0.2, 0.25) is 0 Å². The van der Waals surface area contributed by atoms with E-state index in [1.165, 1.54) is 28.8 Å². The van der Waals surface area contributed by atoms with E-state index >= 15 is 0 Å². The summed E-state index contributed by atoms with van der Waals surface area (Å²) in [6, 6.07) is 23.2. The molecule has 210 valence electrons. The molecular formula is C36H31F3N3+. The molecule has 6 heteroatoms. The zero-order chi connectivity index (χ0) is 28.7. The van der Waals surface area contributed by atoms with Gasteiger partial charge in [0.05, 0.1) is 5.56 Å². The quantitative estimate of drug-likeness (QED) is 0.219. The van der Waals surface area contributed by atoms with E-state index in [9.17, 15) is 13.2 Å².